The first-order valence-corrected chi connectivity index (χ1v) is 32.3. The van der Waals surface area contributed by atoms with E-state index in [0.29, 0.717) is 19.4 Å². The Bertz CT molecular complexity index is 1170. The number of nitrogens with one attached hydrogen (secondary N) is 1. The van der Waals surface area contributed by atoms with Crippen molar-refractivity contribution in [2.45, 2.75) is 360 Å². The summed E-state index contributed by atoms with van der Waals surface area (Å²) in [6.45, 7) is 4.82. The van der Waals surface area contributed by atoms with Crippen LogP contribution in [0.4, 0.5) is 0 Å². The van der Waals surface area contributed by atoms with E-state index in [1.807, 2.05) is 6.08 Å². The van der Waals surface area contributed by atoms with Crippen LogP contribution in [0.5, 0.6) is 0 Å². The molecule has 424 valence electrons. The average Bonchev–Trinajstić information content (AvgIpc) is 3.38. The van der Waals surface area contributed by atoms with E-state index in [4.69, 9.17) is 4.74 Å². The molecule has 0 aliphatic heterocycles. The monoisotopic (exact) mass is 1010 g/mol. The van der Waals surface area contributed by atoms with Gasteiger partial charge in [0, 0.05) is 12.8 Å². The fourth-order valence-electron chi connectivity index (χ4n) is 10.0. The van der Waals surface area contributed by atoms with Crippen LogP contribution in [0.25, 0.3) is 0 Å². The minimum atomic E-state index is -0.848. The molecular weight excluding hydrogens is 887 g/mol. The lowest BCUT2D eigenvalue weighted by Gasteiger charge is -2.20. The van der Waals surface area contributed by atoms with Gasteiger partial charge in [-0.05, 0) is 51.4 Å². The molecule has 0 aromatic rings. The summed E-state index contributed by atoms with van der Waals surface area (Å²) in [5, 5.41) is 23.2. The van der Waals surface area contributed by atoms with E-state index in [-0.39, 0.29) is 18.5 Å². The SMILES string of the molecule is CCCCCCCCCCCCCCCCC/C=C/C(O)C(CO)NC(=O)CCCCCCCCCCCCCCCC/C=C\C/C=C\CCOC(=O)CCCCCCCCCCCCCCCCCCC. The average molecular weight is 1010 g/mol. The first kappa shape index (κ1) is 70.1. The molecule has 72 heavy (non-hydrogen) atoms. The van der Waals surface area contributed by atoms with Gasteiger partial charge in [-0.15, -0.1) is 0 Å². The molecule has 0 fully saturated rings. The van der Waals surface area contributed by atoms with Gasteiger partial charge in [0.15, 0.2) is 0 Å². The predicted octanol–water partition coefficient (Wildman–Crippen LogP) is 20.4. The summed E-state index contributed by atoms with van der Waals surface area (Å²) in [7, 11) is 0. The lowest BCUT2D eigenvalue weighted by atomic mass is 10.0. The number of carbonyl (C=O) groups is 2. The molecule has 6 nitrogen and oxygen atoms in total. The maximum atomic E-state index is 12.5. The van der Waals surface area contributed by atoms with Crippen molar-refractivity contribution < 1.29 is 24.5 Å². The summed E-state index contributed by atoms with van der Waals surface area (Å²) in [6.07, 6.45) is 77.8. The molecule has 0 aliphatic rings. The summed E-state index contributed by atoms with van der Waals surface area (Å²) < 4.78 is 5.43. The zero-order valence-corrected chi connectivity index (χ0v) is 48.4. The van der Waals surface area contributed by atoms with E-state index in [0.717, 1.165) is 51.4 Å². The van der Waals surface area contributed by atoms with Crippen LogP contribution in [0.1, 0.15) is 348 Å². The summed E-state index contributed by atoms with van der Waals surface area (Å²) in [5.74, 6) is -0.102. The Morgan fingerprint density at radius 3 is 1.06 bits per heavy atom. The highest BCUT2D eigenvalue weighted by Gasteiger charge is 2.18. The van der Waals surface area contributed by atoms with Gasteiger partial charge in [0.05, 0.1) is 25.4 Å². The Morgan fingerprint density at radius 2 is 0.694 bits per heavy atom. The lowest BCUT2D eigenvalue weighted by molar-refractivity contribution is -0.143. The quantitative estimate of drug-likeness (QED) is 0.0320. The normalized spacial score (nSPS) is 12.8. The molecule has 1 amide bonds. The third kappa shape index (κ3) is 57.4. The second kappa shape index (κ2) is 61.6. The summed E-state index contributed by atoms with van der Waals surface area (Å²) in [4.78, 5) is 24.5. The zero-order chi connectivity index (χ0) is 52.2. The highest BCUT2D eigenvalue weighted by molar-refractivity contribution is 5.76. The maximum Gasteiger partial charge on any atom is 0.305 e. The van der Waals surface area contributed by atoms with E-state index >= 15 is 0 Å². The van der Waals surface area contributed by atoms with E-state index in [2.05, 4.69) is 43.5 Å². The van der Waals surface area contributed by atoms with Crippen molar-refractivity contribution in [2.75, 3.05) is 13.2 Å². The molecular formula is C66H125NO5. The molecule has 2 atom stereocenters. The zero-order valence-electron chi connectivity index (χ0n) is 48.4. The van der Waals surface area contributed by atoms with Crippen molar-refractivity contribution in [2.24, 2.45) is 0 Å². The van der Waals surface area contributed by atoms with Gasteiger partial charge < -0.3 is 20.3 Å². The fraction of sp³-hybridized carbons (Fsp3) is 0.879. The van der Waals surface area contributed by atoms with Crippen LogP contribution in [0.2, 0.25) is 0 Å². The summed E-state index contributed by atoms with van der Waals surface area (Å²) in [6, 6.07) is -0.632. The first-order valence-electron chi connectivity index (χ1n) is 32.3. The Kier molecular flexibility index (Phi) is 60.0. The Balaban J connectivity index is 3.46. The number of ether oxygens (including phenoxy) is 1. The van der Waals surface area contributed by atoms with Crippen LogP contribution < -0.4 is 5.32 Å². The van der Waals surface area contributed by atoms with Gasteiger partial charge in [-0.1, -0.05) is 320 Å². The fourth-order valence-corrected chi connectivity index (χ4v) is 10.0. The van der Waals surface area contributed by atoms with Crippen LogP contribution >= 0.6 is 0 Å². The smallest absolute Gasteiger partial charge is 0.305 e. The molecule has 0 heterocycles. The Hall–Kier alpha value is -1.92. The van der Waals surface area contributed by atoms with Crippen molar-refractivity contribution in [3.05, 3.63) is 36.5 Å². The first-order chi connectivity index (χ1) is 35.5. The number of unbranched alkanes of at least 4 members (excludes halogenated alkanes) is 45. The maximum absolute atomic E-state index is 12.5. The molecule has 0 saturated carbocycles. The van der Waals surface area contributed by atoms with Crippen molar-refractivity contribution in [1.29, 1.82) is 0 Å². The Labute approximate surface area is 449 Å². The number of hydrogen-bond acceptors (Lipinski definition) is 5. The van der Waals surface area contributed by atoms with Crippen LogP contribution in [0, 0.1) is 0 Å². The molecule has 0 aromatic carbocycles. The molecule has 0 bridgehead atoms. The minimum Gasteiger partial charge on any atom is -0.465 e. The molecule has 2 unspecified atom stereocenters. The predicted molar refractivity (Wildman–Crippen MR) is 315 cm³/mol. The Morgan fingerprint density at radius 1 is 0.389 bits per heavy atom. The summed E-state index contributed by atoms with van der Waals surface area (Å²) in [5.41, 5.74) is 0. The van der Waals surface area contributed by atoms with Crippen molar-refractivity contribution >= 4 is 11.9 Å². The van der Waals surface area contributed by atoms with E-state index in [1.165, 1.54) is 270 Å². The number of aliphatic hydroxyl groups excluding tert-OH is 2. The third-order valence-corrected chi connectivity index (χ3v) is 14.9. The second-order valence-electron chi connectivity index (χ2n) is 22.1. The molecule has 0 rings (SSSR count). The number of amides is 1. The molecule has 0 aromatic heterocycles. The number of aliphatic hydroxyl groups is 2. The standard InChI is InChI=1S/C66H125NO5/c1-3-5-7-9-11-13-15-17-19-26-30-34-38-42-46-50-54-58-64(69)63(62-68)67-65(70)59-55-51-47-43-39-35-31-28-24-22-21-23-25-29-33-37-41-45-49-53-57-61-72-66(71)60-56-52-48-44-40-36-32-27-20-18-16-14-12-10-8-6-4-2/h37,41,49,53-54,58,63-64,68-69H,3-36,38-40,42-48,50-52,55-57,59-62H2,1-2H3,(H,67,70)/b41-37-,53-49-,58-54+. The summed E-state index contributed by atoms with van der Waals surface area (Å²) >= 11 is 0. The van der Waals surface area contributed by atoms with Crippen LogP contribution in [-0.2, 0) is 14.3 Å². The molecule has 0 saturated heterocycles. The van der Waals surface area contributed by atoms with Gasteiger partial charge >= 0.3 is 5.97 Å². The third-order valence-electron chi connectivity index (χ3n) is 14.9. The van der Waals surface area contributed by atoms with Gasteiger partial charge in [-0.3, -0.25) is 9.59 Å². The molecule has 3 N–H and O–H groups in total. The van der Waals surface area contributed by atoms with Gasteiger partial charge in [0.2, 0.25) is 5.91 Å². The molecule has 6 heteroatoms. The van der Waals surface area contributed by atoms with E-state index in [9.17, 15) is 19.8 Å². The molecule has 0 radical (unpaired) electrons. The van der Waals surface area contributed by atoms with Gasteiger partial charge in [-0.25, -0.2) is 0 Å². The number of rotatable bonds is 60. The number of allylic oxidation sites excluding steroid dienone is 4. The van der Waals surface area contributed by atoms with Crippen molar-refractivity contribution in [3.63, 3.8) is 0 Å². The van der Waals surface area contributed by atoms with E-state index < -0.39 is 12.1 Å². The van der Waals surface area contributed by atoms with Crippen LogP contribution in [0.15, 0.2) is 36.5 Å². The van der Waals surface area contributed by atoms with Gasteiger partial charge in [-0.2, -0.15) is 0 Å². The van der Waals surface area contributed by atoms with E-state index in [1.54, 1.807) is 6.08 Å². The number of hydrogen-bond donors (Lipinski definition) is 3. The molecule has 0 aliphatic carbocycles. The van der Waals surface area contributed by atoms with Gasteiger partial charge in [0.25, 0.3) is 0 Å². The number of esters is 1. The minimum absolute atomic E-state index is 0.0316. The second-order valence-corrected chi connectivity index (χ2v) is 22.1. The largest absolute Gasteiger partial charge is 0.465 e. The highest BCUT2D eigenvalue weighted by atomic mass is 16.5. The van der Waals surface area contributed by atoms with Crippen molar-refractivity contribution in [1.82, 2.24) is 5.32 Å². The van der Waals surface area contributed by atoms with Crippen LogP contribution in [-0.4, -0.2) is 47.4 Å². The van der Waals surface area contributed by atoms with Gasteiger partial charge in [0.1, 0.15) is 0 Å². The van der Waals surface area contributed by atoms with Crippen molar-refractivity contribution in [3.8, 4) is 0 Å². The van der Waals surface area contributed by atoms with Crippen LogP contribution in [0.3, 0.4) is 0 Å². The lowest BCUT2D eigenvalue weighted by Crippen LogP contribution is -2.45. The molecule has 0 spiro atoms. The highest BCUT2D eigenvalue weighted by Crippen LogP contribution is 2.18. The number of carbonyl (C=O) groups excluding carboxylic acids is 2. The topological polar surface area (TPSA) is 95.9 Å².